The summed E-state index contributed by atoms with van der Waals surface area (Å²) in [5.74, 6) is 1.71. The Balaban J connectivity index is 1.46. The molecule has 132 valence electrons. The Morgan fingerprint density at radius 2 is 1.38 bits per heavy atom. The van der Waals surface area contributed by atoms with E-state index in [1.165, 1.54) is 5.69 Å². The summed E-state index contributed by atoms with van der Waals surface area (Å²) < 4.78 is 0. The number of hydrogen-bond acceptors (Lipinski definition) is 5. The van der Waals surface area contributed by atoms with Crippen LogP contribution >= 0.6 is 0 Å². The lowest BCUT2D eigenvalue weighted by Crippen LogP contribution is -2.47. The van der Waals surface area contributed by atoms with Gasteiger partial charge >= 0.3 is 0 Å². The van der Waals surface area contributed by atoms with Crippen molar-refractivity contribution in [1.29, 1.82) is 0 Å². The molecule has 0 atom stereocenters. The van der Waals surface area contributed by atoms with E-state index in [0.717, 1.165) is 43.6 Å². The van der Waals surface area contributed by atoms with Gasteiger partial charge < -0.3 is 14.7 Å². The fourth-order valence-electron chi connectivity index (χ4n) is 3.27. The number of aromatic nitrogens is 2. The van der Waals surface area contributed by atoms with Crippen molar-refractivity contribution in [2.45, 2.75) is 0 Å². The third kappa shape index (κ3) is 3.47. The van der Waals surface area contributed by atoms with Crippen LogP contribution in [-0.4, -0.2) is 43.2 Å². The highest BCUT2D eigenvalue weighted by Gasteiger charge is 2.19. The van der Waals surface area contributed by atoms with Gasteiger partial charge in [0, 0.05) is 50.8 Å². The van der Waals surface area contributed by atoms with Gasteiger partial charge in [-0.2, -0.15) is 4.98 Å². The van der Waals surface area contributed by atoms with Crippen LogP contribution in [0.25, 0.3) is 0 Å². The van der Waals surface area contributed by atoms with E-state index in [4.69, 9.17) is 4.98 Å². The van der Waals surface area contributed by atoms with Gasteiger partial charge in [0.1, 0.15) is 5.82 Å². The van der Waals surface area contributed by atoms with Crippen molar-refractivity contribution in [1.82, 2.24) is 9.97 Å². The average molecular weight is 345 g/mol. The maximum Gasteiger partial charge on any atom is 0.227 e. The molecule has 1 aliphatic rings. The number of para-hydroxylation sites is 2. The van der Waals surface area contributed by atoms with E-state index in [0.29, 0.717) is 0 Å². The molecular formula is C21H23N5. The van der Waals surface area contributed by atoms with Gasteiger partial charge in [-0.1, -0.05) is 36.4 Å². The highest BCUT2D eigenvalue weighted by Crippen LogP contribution is 2.23. The first-order chi connectivity index (χ1) is 12.8. The topological polar surface area (TPSA) is 35.5 Å². The average Bonchev–Trinajstić information content (AvgIpc) is 2.75. The molecular weight excluding hydrogens is 322 g/mol. The van der Waals surface area contributed by atoms with Gasteiger partial charge in [-0.25, -0.2) is 4.98 Å². The molecule has 1 aromatic heterocycles. The van der Waals surface area contributed by atoms with Crippen LogP contribution in [0.3, 0.4) is 0 Å². The van der Waals surface area contributed by atoms with Crippen molar-refractivity contribution < 1.29 is 0 Å². The predicted octanol–water partition coefficient (Wildman–Crippen LogP) is 3.57. The molecule has 26 heavy (non-hydrogen) atoms. The lowest BCUT2D eigenvalue weighted by molar-refractivity contribution is 0.640. The molecule has 1 saturated heterocycles. The molecule has 5 heteroatoms. The fourth-order valence-corrected chi connectivity index (χ4v) is 3.27. The summed E-state index contributed by atoms with van der Waals surface area (Å²) in [4.78, 5) is 16.1. The molecule has 0 N–H and O–H groups in total. The van der Waals surface area contributed by atoms with Gasteiger partial charge in [-0.15, -0.1) is 0 Å². The summed E-state index contributed by atoms with van der Waals surface area (Å²) in [6.45, 7) is 3.80. The minimum atomic E-state index is 0.804. The molecule has 4 rings (SSSR count). The van der Waals surface area contributed by atoms with E-state index in [1.54, 1.807) is 0 Å². The Morgan fingerprint density at radius 1 is 0.769 bits per heavy atom. The normalized spacial score (nSPS) is 14.3. The van der Waals surface area contributed by atoms with Crippen LogP contribution in [0.2, 0.25) is 0 Å². The number of rotatable bonds is 4. The van der Waals surface area contributed by atoms with Crippen LogP contribution in [0.5, 0.6) is 0 Å². The molecule has 2 heterocycles. The van der Waals surface area contributed by atoms with Crippen LogP contribution in [0, 0.1) is 0 Å². The van der Waals surface area contributed by atoms with Gasteiger partial charge in [0.05, 0.1) is 0 Å². The van der Waals surface area contributed by atoms with Crippen molar-refractivity contribution in [3.05, 3.63) is 72.9 Å². The van der Waals surface area contributed by atoms with Gasteiger partial charge in [0.2, 0.25) is 5.95 Å². The monoisotopic (exact) mass is 345 g/mol. The lowest BCUT2D eigenvalue weighted by Gasteiger charge is -2.36. The molecule has 0 spiro atoms. The van der Waals surface area contributed by atoms with Crippen LogP contribution in [0.15, 0.2) is 72.9 Å². The minimum absolute atomic E-state index is 0.804. The van der Waals surface area contributed by atoms with Crippen molar-refractivity contribution in [2.75, 3.05) is 47.9 Å². The Labute approximate surface area is 154 Å². The molecule has 0 amide bonds. The highest BCUT2D eigenvalue weighted by molar-refractivity contribution is 5.59. The second-order valence-electron chi connectivity index (χ2n) is 6.42. The first-order valence-electron chi connectivity index (χ1n) is 8.98. The molecule has 0 radical (unpaired) electrons. The van der Waals surface area contributed by atoms with Crippen molar-refractivity contribution in [3.8, 4) is 0 Å². The molecule has 0 saturated carbocycles. The van der Waals surface area contributed by atoms with Gasteiger partial charge in [0.25, 0.3) is 0 Å². The standard InChI is InChI=1S/C21H23N5/c1-24(18-8-4-2-5-9-18)20-12-13-22-21(23-20)26-16-14-25(15-17-26)19-10-6-3-7-11-19/h2-13H,14-17H2,1H3. The number of piperazine rings is 1. The molecule has 1 fully saturated rings. The van der Waals surface area contributed by atoms with Crippen molar-refractivity contribution >= 4 is 23.1 Å². The first kappa shape index (κ1) is 16.4. The molecule has 0 unspecified atom stereocenters. The Bertz CT molecular complexity index is 829. The van der Waals surface area contributed by atoms with Gasteiger partial charge in [-0.3, -0.25) is 0 Å². The molecule has 5 nitrogen and oxygen atoms in total. The summed E-state index contributed by atoms with van der Waals surface area (Å²) in [6.07, 6.45) is 1.85. The van der Waals surface area contributed by atoms with Crippen LogP contribution < -0.4 is 14.7 Å². The second-order valence-corrected chi connectivity index (χ2v) is 6.42. The smallest absolute Gasteiger partial charge is 0.227 e. The van der Waals surface area contributed by atoms with Crippen LogP contribution in [0.1, 0.15) is 0 Å². The Hall–Kier alpha value is -3.08. The lowest BCUT2D eigenvalue weighted by atomic mass is 10.2. The predicted molar refractivity (Wildman–Crippen MR) is 107 cm³/mol. The van der Waals surface area contributed by atoms with Gasteiger partial charge in [-0.05, 0) is 30.3 Å². The largest absolute Gasteiger partial charge is 0.368 e. The van der Waals surface area contributed by atoms with Crippen LogP contribution in [-0.2, 0) is 0 Å². The number of nitrogens with zero attached hydrogens (tertiary/aromatic N) is 5. The first-order valence-corrected chi connectivity index (χ1v) is 8.98. The third-order valence-electron chi connectivity index (χ3n) is 4.80. The van der Waals surface area contributed by atoms with Gasteiger partial charge in [0.15, 0.2) is 0 Å². The SMILES string of the molecule is CN(c1ccccc1)c1ccnc(N2CCN(c3ccccc3)CC2)n1. The number of benzene rings is 2. The Kier molecular flexibility index (Phi) is 4.69. The van der Waals surface area contributed by atoms with E-state index < -0.39 is 0 Å². The van der Waals surface area contributed by atoms with E-state index in [-0.39, 0.29) is 0 Å². The van der Waals surface area contributed by atoms with Crippen molar-refractivity contribution in [2.24, 2.45) is 0 Å². The van der Waals surface area contributed by atoms with Crippen LogP contribution in [0.4, 0.5) is 23.1 Å². The third-order valence-corrected chi connectivity index (χ3v) is 4.80. The molecule has 1 aliphatic heterocycles. The Morgan fingerprint density at radius 3 is 2.08 bits per heavy atom. The van der Waals surface area contributed by atoms with E-state index >= 15 is 0 Å². The quantitative estimate of drug-likeness (QED) is 0.722. The molecule has 2 aromatic carbocycles. The molecule has 0 bridgehead atoms. The maximum absolute atomic E-state index is 4.79. The second kappa shape index (κ2) is 7.44. The number of hydrogen-bond donors (Lipinski definition) is 0. The van der Waals surface area contributed by atoms with E-state index in [9.17, 15) is 0 Å². The summed E-state index contributed by atoms with van der Waals surface area (Å²) in [5, 5.41) is 0. The fraction of sp³-hybridized carbons (Fsp3) is 0.238. The molecule has 0 aliphatic carbocycles. The zero-order valence-corrected chi connectivity index (χ0v) is 15.0. The summed E-state index contributed by atoms with van der Waals surface area (Å²) >= 11 is 0. The van der Waals surface area contributed by atoms with E-state index in [1.807, 2.05) is 37.5 Å². The summed E-state index contributed by atoms with van der Waals surface area (Å²) in [5.41, 5.74) is 2.40. The number of anilines is 4. The zero-order valence-electron chi connectivity index (χ0n) is 15.0. The highest BCUT2D eigenvalue weighted by atomic mass is 15.3. The summed E-state index contributed by atoms with van der Waals surface area (Å²) in [6, 6.07) is 22.8. The molecule has 3 aromatic rings. The van der Waals surface area contributed by atoms with E-state index in [2.05, 4.69) is 62.1 Å². The summed E-state index contributed by atoms with van der Waals surface area (Å²) in [7, 11) is 2.04. The maximum atomic E-state index is 4.79. The minimum Gasteiger partial charge on any atom is -0.368 e. The van der Waals surface area contributed by atoms with Crippen molar-refractivity contribution in [3.63, 3.8) is 0 Å². The zero-order chi connectivity index (χ0) is 17.8.